The molecule has 1 fully saturated rings. The summed E-state index contributed by atoms with van der Waals surface area (Å²) in [7, 11) is 0. The molecule has 92 valence electrons. The number of carbonyl (C=O) groups is 1. The van der Waals surface area contributed by atoms with Gasteiger partial charge in [0.25, 0.3) is 0 Å². The maximum Gasteiger partial charge on any atom is 0.245 e. The van der Waals surface area contributed by atoms with Crippen LogP contribution in [0.4, 0.5) is 5.69 Å². The molecule has 0 bridgehead atoms. The van der Waals surface area contributed by atoms with Crippen LogP contribution in [0, 0.1) is 0 Å². The van der Waals surface area contributed by atoms with Gasteiger partial charge >= 0.3 is 0 Å². The van der Waals surface area contributed by atoms with Crippen LogP contribution in [0.1, 0.15) is 6.92 Å². The van der Waals surface area contributed by atoms with Crippen molar-refractivity contribution >= 4 is 27.5 Å². The predicted molar refractivity (Wildman–Crippen MR) is 70.0 cm³/mol. The molecule has 1 amide bonds. The second kappa shape index (κ2) is 5.06. The van der Waals surface area contributed by atoms with Gasteiger partial charge in [0, 0.05) is 17.1 Å². The zero-order chi connectivity index (χ0) is 12.4. The van der Waals surface area contributed by atoms with E-state index >= 15 is 0 Å². The Labute approximate surface area is 109 Å². The molecule has 2 atom stereocenters. The molecule has 0 saturated carbocycles. The van der Waals surface area contributed by atoms with Gasteiger partial charge in [0.2, 0.25) is 5.91 Å². The highest BCUT2D eigenvalue weighted by Crippen LogP contribution is 2.30. The van der Waals surface area contributed by atoms with Crippen molar-refractivity contribution in [3.63, 3.8) is 0 Å². The normalized spacial score (nSPS) is 24.6. The van der Waals surface area contributed by atoms with Crippen molar-refractivity contribution < 1.29 is 9.90 Å². The first kappa shape index (κ1) is 12.4. The summed E-state index contributed by atoms with van der Waals surface area (Å²) in [5, 5.41) is 12.2. The van der Waals surface area contributed by atoms with Gasteiger partial charge in [0.05, 0.1) is 12.3 Å². The number of amides is 1. The van der Waals surface area contributed by atoms with Gasteiger partial charge in [-0.15, -0.1) is 0 Å². The maximum atomic E-state index is 11.7. The Morgan fingerprint density at radius 2 is 2.24 bits per heavy atom. The molecule has 2 N–H and O–H groups in total. The van der Waals surface area contributed by atoms with Crippen LogP contribution in [0.3, 0.4) is 0 Å². The summed E-state index contributed by atoms with van der Waals surface area (Å²) < 4.78 is 0.931. The molecule has 17 heavy (non-hydrogen) atoms. The van der Waals surface area contributed by atoms with Gasteiger partial charge in [0.15, 0.2) is 0 Å². The minimum atomic E-state index is -0.516. The third-order valence-corrected chi connectivity index (χ3v) is 3.66. The number of hydrogen-bond donors (Lipinski definition) is 2. The lowest BCUT2D eigenvalue weighted by molar-refractivity contribution is -0.124. The molecule has 0 radical (unpaired) electrons. The van der Waals surface area contributed by atoms with Crippen LogP contribution in [-0.4, -0.2) is 36.2 Å². The molecule has 1 heterocycles. The van der Waals surface area contributed by atoms with Crippen LogP contribution in [0.25, 0.3) is 0 Å². The van der Waals surface area contributed by atoms with Crippen molar-refractivity contribution in [2.24, 2.45) is 0 Å². The lowest BCUT2D eigenvalue weighted by Gasteiger charge is -2.41. The molecule has 1 aliphatic heterocycles. The fraction of sp³-hybridized carbons (Fsp3) is 0.417. The second-order valence-electron chi connectivity index (χ2n) is 4.15. The lowest BCUT2D eigenvalue weighted by atomic mass is 10.1. The van der Waals surface area contributed by atoms with Gasteiger partial charge in [-0.2, -0.15) is 0 Å². The van der Waals surface area contributed by atoms with E-state index in [0.29, 0.717) is 6.54 Å². The van der Waals surface area contributed by atoms with Crippen molar-refractivity contribution in [3.05, 3.63) is 28.7 Å². The zero-order valence-corrected chi connectivity index (χ0v) is 11.1. The number of para-hydroxylation sites is 1. The molecular weight excluding hydrogens is 284 g/mol. The number of benzene rings is 1. The minimum Gasteiger partial charge on any atom is -0.394 e. The number of nitrogens with zero attached hydrogens (tertiary/aromatic N) is 1. The van der Waals surface area contributed by atoms with E-state index in [4.69, 9.17) is 0 Å². The van der Waals surface area contributed by atoms with Crippen molar-refractivity contribution in [1.82, 2.24) is 5.32 Å². The third-order valence-electron chi connectivity index (χ3n) is 2.99. The predicted octanol–water partition coefficient (Wildman–Crippen LogP) is 1.13. The monoisotopic (exact) mass is 298 g/mol. The van der Waals surface area contributed by atoms with Crippen LogP contribution < -0.4 is 10.2 Å². The SMILES string of the molecule is CC1CNC(=O)C(CO)N1c1ccccc1Br. The topological polar surface area (TPSA) is 52.6 Å². The molecule has 4 nitrogen and oxygen atoms in total. The quantitative estimate of drug-likeness (QED) is 0.861. The maximum absolute atomic E-state index is 11.7. The van der Waals surface area contributed by atoms with Gasteiger partial charge in [0.1, 0.15) is 6.04 Å². The zero-order valence-electron chi connectivity index (χ0n) is 9.56. The van der Waals surface area contributed by atoms with E-state index in [2.05, 4.69) is 21.2 Å². The number of halogens is 1. The number of nitrogens with one attached hydrogen (secondary N) is 1. The molecule has 1 aromatic rings. The second-order valence-corrected chi connectivity index (χ2v) is 5.01. The number of hydrogen-bond acceptors (Lipinski definition) is 3. The molecule has 1 aliphatic rings. The third kappa shape index (κ3) is 2.30. The number of aliphatic hydroxyl groups excluding tert-OH is 1. The summed E-state index contributed by atoms with van der Waals surface area (Å²) >= 11 is 3.48. The van der Waals surface area contributed by atoms with Gasteiger partial charge in [-0.3, -0.25) is 4.79 Å². The smallest absolute Gasteiger partial charge is 0.245 e. The fourth-order valence-electron chi connectivity index (χ4n) is 2.14. The van der Waals surface area contributed by atoms with Crippen LogP contribution in [0.5, 0.6) is 0 Å². The molecule has 1 saturated heterocycles. The van der Waals surface area contributed by atoms with Crippen LogP contribution in [0.2, 0.25) is 0 Å². The van der Waals surface area contributed by atoms with E-state index in [1.807, 2.05) is 36.1 Å². The van der Waals surface area contributed by atoms with E-state index in [-0.39, 0.29) is 18.6 Å². The Morgan fingerprint density at radius 1 is 1.53 bits per heavy atom. The molecular formula is C12H15BrN2O2. The van der Waals surface area contributed by atoms with Crippen molar-refractivity contribution in [1.29, 1.82) is 0 Å². The van der Waals surface area contributed by atoms with E-state index in [9.17, 15) is 9.90 Å². The summed E-state index contributed by atoms with van der Waals surface area (Å²) in [6.07, 6.45) is 0. The molecule has 0 aromatic heterocycles. The first-order valence-corrected chi connectivity index (χ1v) is 6.36. The summed E-state index contributed by atoms with van der Waals surface area (Å²) in [4.78, 5) is 13.7. The van der Waals surface area contributed by atoms with E-state index in [1.54, 1.807) is 0 Å². The van der Waals surface area contributed by atoms with Crippen LogP contribution >= 0.6 is 15.9 Å². The average Bonchev–Trinajstić information content (AvgIpc) is 2.33. The number of piperazine rings is 1. The molecule has 0 spiro atoms. The lowest BCUT2D eigenvalue weighted by Crippen LogP contribution is -2.61. The standard InChI is InChI=1S/C12H15BrN2O2/c1-8-6-14-12(17)11(7-16)15(8)10-5-3-2-4-9(10)13/h2-5,8,11,16H,6-7H2,1H3,(H,14,17). The molecule has 2 unspecified atom stereocenters. The summed E-state index contributed by atoms with van der Waals surface area (Å²) in [6.45, 7) is 2.44. The largest absolute Gasteiger partial charge is 0.394 e. The molecule has 5 heteroatoms. The highest BCUT2D eigenvalue weighted by atomic mass is 79.9. The minimum absolute atomic E-state index is 0.124. The molecule has 2 rings (SSSR count). The van der Waals surface area contributed by atoms with Crippen molar-refractivity contribution in [2.45, 2.75) is 19.0 Å². The van der Waals surface area contributed by atoms with Crippen LogP contribution in [0.15, 0.2) is 28.7 Å². The molecule has 1 aromatic carbocycles. The van der Waals surface area contributed by atoms with Gasteiger partial charge < -0.3 is 15.3 Å². The summed E-state index contributed by atoms with van der Waals surface area (Å²) in [5.74, 6) is -0.124. The Kier molecular flexibility index (Phi) is 3.69. The van der Waals surface area contributed by atoms with Crippen molar-refractivity contribution in [3.8, 4) is 0 Å². The van der Waals surface area contributed by atoms with Gasteiger partial charge in [-0.1, -0.05) is 12.1 Å². The summed E-state index contributed by atoms with van der Waals surface area (Å²) in [6, 6.07) is 7.37. The first-order valence-electron chi connectivity index (χ1n) is 5.56. The Morgan fingerprint density at radius 3 is 2.88 bits per heavy atom. The number of rotatable bonds is 2. The highest BCUT2D eigenvalue weighted by molar-refractivity contribution is 9.10. The van der Waals surface area contributed by atoms with Crippen LogP contribution in [-0.2, 0) is 4.79 Å². The molecule has 0 aliphatic carbocycles. The number of anilines is 1. The highest BCUT2D eigenvalue weighted by Gasteiger charge is 2.34. The van der Waals surface area contributed by atoms with E-state index < -0.39 is 6.04 Å². The Bertz CT molecular complexity index is 425. The van der Waals surface area contributed by atoms with E-state index in [0.717, 1.165) is 10.2 Å². The summed E-state index contributed by atoms with van der Waals surface area (Å²) in [5.41, 5.74) is 0.939. The van der Waals surface area contributed by atoms with E-state index in [1.165, 1.54) is 0 Å². The first-order chi connectivity index (χ1) is 8.15. The number of aliphatic hydroxyl groups is 1. The Hall–Kier alpha value is -1.07. The van der Waals surface area contributed by atoms with Gasteiger partial charge in [-0.25, -0.2) is 0 Å². The number of carbonyl (C=O) groups excluding carboxylic acids is 1. The van der Waals surface area contributed by atoms with Crippen molar-refractivity contribution in [2.75, 3.05) is 18.1 Å². The fourth-order valence-corrected chi connectivity index (χ4v) is 2.62. The average molecular weight is 299 g/mol. The Balaban J connectivity index is 2.39. The van der Waals surface area contributed by atoms with Gasteiger partial charge in [-0.05, 0) is 35.0 Å².